The van der Waals surface area contributed by atoms with E-state index >= 15 is 0 Å². The molecule has 0 unspecified atom stereocenters. The van der Waals surface area contributed by atoms with Crippen molar-refractivity contribution in [1.82, 2.24) is 4.90 Å². The molecule has 1 atom stereocenters. The predicted molar refractivity (Wildman–Crippen MR) is 69.7 cm³/mol. The molecule has 0 aliphatic heterocycles. The van der Waals surface area contributed by atoms with Crippen LogP contribution in [0.15, 0.2) is 0 Å². The van der Waals surface area contributed by atoms with Gasteiger partial charge in [-0.05, 0) is 31.1 Å². The lowest BCUT2D eigenvalue weighted by atomic mass is 9.86. The van der Waals surface area contributed by atoms with E-state index in [4.69, 9.17) is 5.73 Å². The first kappa shape index (κ1) is 15.7. The standard InChI is InChI=1S/C12H24N2O.ClH/c1-5-14(8-9-6-7-9)11(15)10(13)12(2,3)4;/h9-10H,5-8,13H2,1-4H3;1H/t10-;/m1./s1. The lowest BCUT2D eigenvalue weighted by Gasteiger charge is -2.31. The summed E-state index contributed by atoms with van der Waals surface area (Å²) in [6, 6.07) is -0.379. The van der Waals surface area contributed by atoms with Crippen molar-refractivity contribution < 1.29 is 4.79 Å². The lowest BCUT2D eigenvalue weighted by Crippen LogP contribution is -2.50. The molecular weight excluding hydrogens is 224 g/mol. The van der Waals surface area contributed by atoms with E-state index in [0.717, 1.165) is 19.0 Å². The van der Waals surface area contributed by atoms with Crippen LogP contribution in [0, 0.1) is 11.3 Å². The van der Waals surface area contributed by atoms with Gasteiger partial charge in [-0.25, -0.2) is 0 Å². The van der Waals surface area contributed by atoms with Crippen molar-refractivity contribution in [3.8, 4) is 0 Å². The van der Waals surface area contributed by atoms with Crippen molar-refractivity contribution in [3.63, 3.8) is 0 Å². The summed E-state index contributed by atoms with van der Waals surface area (Å²) in [6.45, 7) is 9.75. The number of amides is 1. The fourth-order valence-corrected chi connectivity index (χ4v) is 1.55. The van der Waals surface area contributed by atoms with Crippen molar-refractivity contribution in [3.05, 3.63) is 0 Å². The molecule has 0 radical (unpaired) electrons. The van der Waals surface area contributed by atoms with Gasteiger partial charge in [0, 0.05) is 13.1 Å². The van der Waals surface area contributed by atoms with Gasteiger partial charge in [0.05, 0.1) is 6.04 Å². The Balaban J connectivity index is 0.00000225. The van der Waals surface area contributed by atoms with Gasteiger partial charge in [-0.2, -0.15) is 0 Å². The topological polar surface area (TPSA) is 46.3 Å². The minimum atomic E-state index is -0.379. The van der Waals surface area contributed by atoms with Crippen LogP contribution in [-0.2, 0) is 4.79 Å². The summed E-state index contributed by atoms with van der Waals surface area (Å²) in [4.78, 5) is 14.0. The Bertz CT molecular complexity index is 234. The Morgan fingerprint density at radius 3 is 2.25 bits per heavy atom. The number of carbonyl (C=O) groups is 1. The summed E-state index contributed by atoms with van der Waals surface area (Å²) < 4.78 is 0. The molecule has 4 heteroatoms. The van der Waals surface area contributed by atoms with Crippen molar-refractivity contribution in [1.29, 1.82) is 0 Å². The van der Waals surface area contributed by atoms with Gasteiger partial charge in [0.1, 0.15) is 0 Å². The molecule has 0 heterocycles. The average Bonchev–Trinajstić information content (AvgIpc) is 2.94. The van der Waals surface area contributed by atoms with E-state index in [1.165, 1.54) is 12.8 Å². The van der Waals surface area contributed by atoms with Crippen molar-refractivity contribution in [2.24, 2.45) is 17.1 Å². The highest BCUT2D eigenvalue weighted by molar-refractivity contribution is 5.85. The maximum Gasteiger partial charge on any atom is 0.240 e. The molecular formula is C12H25ClN2O. The van der Waals surface area contributed by atoms with Crippen molar-refractivity contribution in [2.45, 2.75) is 46.6 Å². The van der Waals surface area contributed by atoms with Gasteiger partial charge in [0.15, 0.2) is 0 Å². The third-order valence-electron chi connectivity index (χ3n) is 3.07. The zero-order chi connectivity index (χ0) is 11.6. The summed E-state index contributed by atoms with van der Waals surface area (Å²) in [5, 5.41) is 0. The van der Waals surface area contributed by atoms with Crippen LogP contribution in [0.4, 0.5) is 0 Å². The van der Waals surface area contributed by atoms with Crippen molar-refractivity contribution in [2.75, 3.05) is 13.1 Å². The molecule has 1 aliphatic carbocycles. The third-order valence-corrected chi connectivity index (χ3v) is 3.07. The fourth-order valence-electron chi connectivity index (χ4n) is 1.55. The molecule has 1 aliphatic rings. The molecule has 2 N–H and O–H groups in total. The van der Waals surface area contributed by atoms with E-state index in [-0.39, 0.29) is 29.8 Å². The van der Waals surface area contributed by atoms with Gasteiger partial charge in [-0.3, -0.25) is 4.79 Å². The smallest absolute Gasteiger partial charge is 0.240 e. The number of rotatable bonds is 4. The average molecular weight is 249 g/mol. The van der Waals surface area contributed by atoms with Gasteiger partial charge >= 0.3 is 0 Å². The molecule has 0 bridgehead atoms. The molecule has 1 amide bonds. The highest BCUT2D eigenvalue weighted by atomic mass is 35.5. The Hall–Kier alpha value is -0.280. The lowest BCUT2D eigenvalue weighted by molar-refractivity contribution is -0.135. The minimum absolute atomic E-state index is 0. The van der Waals surface area contributed by atoms with Crippen LogP contribution in [0.2, 0.25) is 0 Å². The van der Waals surface area contributed by atoms with Gasteiger partial charge in [-0.1, -0.05) is 20.8 Å². The van der Waals surface area contributed by atoms with E-state index < -0.39 is 0 Å². The largest absolute Gasteiger partial charge is 0.341 e. The number of hydrogen-bond donors (Lipinski definition) is 1. The monoisotopic (exact) mass is 248 g/mol. The molecule has 0 aromatic heterocycles. The van der Waals surface area contributed by atoms with Gasteiger partial charge in [-0.15, -0.1) is 12.4 Å². The molecule has 0 aromatic rings. The van der Waals surface area contributed by atoms with Gasteiger partial charge in [0.2, 0.25) is 5.91 Å². The van der Waals surface area contributed by atoms with Gasteiger partial charge < -0.3 is 10.6 Å². The first-order valence-electron chi connectivity index (χ1n) is 5.90. The first-order chi connectivity index (χ1) is 6.86. The van der Waals surface area contributed by atoms with E-state index in [1.807, 2.05) is 32.6 Å². The number of nitrogens with zero attached hydrogens (tertiary/aromatic N) is 1. The second-order valence-electron chi connectivity index (χ2n) is 5.66. The zero-order valence-electron chi connectivity index (χ0n) is 10.8. The highest BCUT2D eigenvalue weighted by Crippen LogP contribution is 2.30. The predicted octanol–water partition coefficient (Wildman–Crippen LogP) is 2.04. The Kier molecular flexibility index (Phi) is 5.77. The summed E-state index contributed by atoms with van der Waals surface area (Å²) in [5.74, 6) is 0.845. The van der Waals surface area contributed by atoms with Crippen LogP contribution in [0.3, 0.4) is 0 Å². The van der Waals surface area contributed by atoms with Crippen LogP contribution in [0.25, 0.3) is 0 Å². The van der Waals surface area contributed by atoms with Crippen LogP contribution in [-0.4, -0.2) is 29.9 Å². The molecule has 96 valence electrons. The van der Waals surface area contributed by atoms with E-state index in [2.05, 4.69) is 0 Å². The SMILES string of the molecule is CCN(CC1CC1)C(=O)[C@@H](N)C(C)(C)C.Cl. The van der Waals surface area contributed by atoms with Crippen LogP contribution >= 0.6 is 12.4 Å². The maximum absolute atomic E-state index is 12.1. The molecule has 0 aromatic carbocycles. The summed E-state index contributed by atoms with van der Waals surface area (Å²) >= 11 is 0. The second kappa shape index (κ2) is 5.87. The summed E-state index contributed by atoms with van der Waals surface area (Å²) in [6.07, 6.45) is 2.54. The quantitative estimate of drug-likeness (QED) is 0.828. The van der Waals surface area contributed by atoms with Crippen molar-refractivity contribution >= 4 is 18.3 Å². The molecule has 0 spiro atoms. The zero-order valence-corrected chi connectivity index (χ0v) is 11.6. The molecule has 1 rings (SSSR count). The summed E-state index contributed by atoms with van der Waals surface area (Å²) in [7, 11) is 0. The second-order valence-corrected chi connectivity index (χ2v) is 5.66. The molecule has 1 saturated carbocycles. The normalized spacial score (nSPS) is 17.6. The van der Waals surface area contributed by atoms with E-state index in [9.17, 15) is 4.79 Å². The van der Waals surface area contributed by atoms with Crippen LogP contribution < -0.4 is 5.73 Å². The summed E-state index contributed by atoms with van der Waals surface area (Å²) in [5.41, 5.74) is 5.83. The molecule has 3 nitrogen and oxygen atoms in total. The van der Waals surface area contributed by atoms with E-state index in [0.29, 0.717) is 0 Å². The number of carbonyl (C=O) groups excluding carboxylic acids is 1. The van der Waals surface area contributed by atoms with Gasteiger partial charge in [0.25, 0.3) is 0 Å². The Morgan fingerprint density at radius 2 is 1.94 bits per heavy atom. The van der Waals surface area contributed by atoms with Crippen LogP contribution in [0.5, 0.6) is 0 Å². The number of likely N-dealkylation sites (N-methyl/N-ethyl adjacent to an activating group) is 1. The minimum Gasteiger partial charge on any atom is -0.341 e. The van der Waals surface area contributed by atoms with E-state index in [1.54, 1.807) is 0 Å². The Labute approximate surface area is 105 Å². The number of halogens is 1. The maximum atomic E-state index is 12.1. The molecule has 1 fully saturated rings. The fraction of sp³-hybridized carbons (Fsp3) is 0.917. The molecule has 16 heavy (non-hydrogen) atoms. The molecule has 0 saturated heterocycles. The highest BCUT2D eigenvalue weighted by Gasteiger charge is 2.33. The number of nitrogens with two attached hydrogens (primary N) is 1. The first-order valence-corrected chi connectivity index (χ1v) is 5.90. The Morgan fingerprint density at radius 1 is 1.44 bits per heavy atom. The third kappa shape index (κ3) is 4.30. The van der Waals surface area contributed by atoms with Crippen LogP contribution in [0.1, 0.15) is 40.5 Å². The number of hydrogen-bond acceptors (Lipinski definition) is 2.